The van der Waals surface area contributed by atoms with E-state index in [9.17, 15) is 13.2 Å². The van der Waals surface area contributed by atoms with Crippen LogP contribution in [0.4, 0.5) is 0 Å². The zero-order valence-corrected chi connectivity index (χ0v) is 13.6. The third-order valence-corrected chi connectivity index (χ3v) is 4.91. The molecule has 0 unspecified atom stereocenters. The molecule has 1 aliphatic heterocycles. The summed E-state index contributed by atoms with van der Waals surface area (Å²) in [4.78, 5) is 14.6. The van der Waals surface area contributed by atoms with Gasteiger partial charge in [-0.3, -0.25) is 4.79 Å². The molecule has 7 heteroatoms. The summed E-state index contributed by atoms with van der Waals surface area (Å²) in [5.74, 6) is -0.124. The summed E-state index contributed by atoms with van der Waals surface area (Å²) < 4.78 is 24.7. The molecule has 21 heavy (non-hydrogen) atoms. The monoisotopic (exact) mass is 313 g/mol. The zero-order chi connectivity index (χ0) is 15.8. The van der Waals surface area contributed by atoms with Crippen LogP contribution in [0.2, 0.25) is 0 Å². The number of nitrogens with two attached hydrogens (primary N) is 1. The quantitative estimate of drug-likeness (QED) is 0.915. The second-order valence-corrected chi connectivity index (χ2v) is 7.73. The van der Waals surface area contributed by atoms with Gasteiger partial charge >= 0.3 is 0 Å². The summed E-state index contributed by atoms with van der Waals surface area (Å²) in [5, 5.41) is 5.18. The van der Waals surface area contributed by atoms with Gasteiger partial charge in [0.25, 0.3) is 5.91 Å². The first-order valence-corrected chi connectivity index (χ1v) is 8.76. The van der Waals surface area contributed by atoms with Crippen molar-refractivity contribution in [3.05, 3.63) is 18.0 Å². The minimum absolute atomic E-state index is 0.00342. The molecule has 1 aromatic heterocycles. The predicted molar refractivity (Wildman–Crippen MR) is 80.4 cm³/mol. The molecule has 0 atom stereocenters. The van der Waals surface area contributed by atoms with Gasteiger partial charge in [0.1, 0.15) is 10.6 Å². The van der Waals surface area contributed by atoms with E-state index in [1.165, 1.54) is 12.3 Å². The van der Waals surface area contributed by atoms with E-state index in [-0.39, 0.29) is 16.3 Å². The molecule has 0 bridgehead atoms. The maximum absolute atomic E-state index is 12.8. The van der Waals surface area contributed by atoms with Gasteiger partial charge in [0.2, 0.25) is 10.0 Å². The van der Waals surface area contributed by atoms with Crippen LogP contribution in [-0.4, -0.2) is 35.9 Å². The maximum Gasteiger partial charge on any atom is 0.270 e. The number of hydrogen-bond donors (Lipinski definition) is 1. The van der Waals surface area contributed by atoms with E-state index >= 15 is 0 Å². The van der Waals surface area contributed by atoms with Gasteiger partial charge < -0.3 is 9.47 Å². The van der Waals surface area contributed by atoms with Gasteiger partial charge in [0, 0.05) is 24.8 Å². The average molecular weight is 313 g/mol. The van der Waals surface area contributed by atoms with Crippen LogP contribution in [0.3, 0.4) is 0 Å². The molecule has 0 radical (unpaired) electrons. The number of carbonyl (C=O) groups excluding carboxylic acids is 1. The van der Waals surface area contributed by atoms with Crippen LogP contribution in [0, 0.1) is 0 Å². The number of amides is 1. The SMILES string of the molecule is CCCn1cc(S(N)(=O)=O)cc1C(=O)N1CCCC1(C)C. The fraction of sp³-hybridized carbons (Fsp3) is 0.643. The Morgan fingerprint density at radius 2 is 2.10 bits per heavy atom. The Kier molecular flexibility index (Phi) is 4.17. The summed E-state index contributed by atoms with van der Waals surface area (Å²) in [7, 11) is -3.80. The molecule has 2 rings (SSSR count). The third kappa shape index (κ3) is 3.13. The molecule has 6 nitrogen and oxygen atoms in total. The first kappa shape index (κ1) is 16.0. The van der Waals surface area contributed by atoms with Gasteiger partial charge in [-0.2, -0.15) is 0 Å². The highest BCUT2D eigenvalue weighted by Gasteiger charge is 2.37. The van der Waals surface area contributed by atoms with Crippen molar-refractivity contribution < 1.29 is 13.2 Å². The third-order valence-electron chi connectivity index (χ3n) is 4.03. The molecule has 0 aliphatic carbocycles. The van der Waals surface area contributed by atoms with Crippen molar-refractivity contribution in [1.82, 2.24) is 9.47 Å². The number of hydrogen-bond acceptors (Lipinski definition) is 3. The summed E-state index contributed by atoms with van der Waals surface area (Å²) >= 11 is 0. The second-order valence-electron chi connectivity index (χ2n) is 6.17. The molecular formula is C14H23N3O3S. The molecule has 0 saturated carbocycles. The highest BCUT2D eigenvalue weighted by molar-refractivity contribution is 7.89. The molecule has 1 aliphatic rings. The molecule has 1 amide bonds. The maximum atomic E-state index is 12.8. The first-order chi connectivity index (χ1) is 9.66. The van der Waals surface area contributed by atoms with Gasteiger partial charge in [0.05, 0.1) is 0 Å². The zero-order valence-electron chi connectivity index (χ0n) is 12.8. The Labute approximate surface area is 126 Å². The lowest BCUT2D eigenvalue weighted by molar-refractivity contribution is 0.0640. The number of sulfonamides is 1. The summed E-state index contributed by atoms with van der Waals surface area (Å²) in [5.41, 5.74) is 0.205. The number of aromatic nitrogens is 1. The standard InChI is InChI=1S/C14H23N3O3S/c1-4-7-16-10-11(21(15,19)20)9-12(16)13(18)17-8-5-6-14(17,2)3/h9-10H,4-8H2,1-3H3,(H2,15,19,20). The molecule has 2 N–H and O–H groups in total. The lowest BCUT2D eigenvalue weighted by Gasteiger charge is -2.31. The van der Waals surface area contributed by atoms with Crippen LogP contribution in [0.25, 0.3) is 0 Å². The Morgan fingerprint density at radius 3 is 2.57 bits per heavy atom. The van der Waals surface area contributed by atoms with Crippen LogP contribution in [0.15, 0.2) is 17.2 Å². The average Bonchev–Trinajstić information content (AvgIpc) is 2.91. The number of likely N-dealkylation sites (tertiary alicyclic amines) is 1. The Morgan fingerprint density at radius 1 is 1.43 bits per heavy atom. The summed E-state index contributed by atoms with van der Waals surface area (Å²) in [6.45, 7) is 7.33. The highest BCUT2D eigenvalue weighted by Crippen LogP contribution is 2.30. The van der Waals surface area contributed by atoms with Crippen LogP contribution in [-0.2, 0) is 16.6 Å². The fourth-order valence-corrected chi connectivity index (χ4v) is 3.42. The van der Waals surface area contributed by atoms with E-state index in [0.29, 0.717) is 18.8 Å². The Bertz CT molecular complexity index is 646. The summed E-state index contributed by atoms with van der Waals surface area (Å²) in [6.07, 6.45) is 4.18. The smallest absolute Gasteiger partial charge is 0.270 e. The lowest BCUT2D eigenvalue weighted by atomic mass is 10.0. The van der Waals surface area contributed by atoms with Crippen molar-refractivity contribution in [2.24, 2.45) is 5.14 Å². The fourth-order valence-electron chi connectivity index (χ4n) is 2.87. The topological polar surface area (TPSA) is 85.4 Å². The van der Waals surface area contributed by atoms with E-state index in [1.807, 2.05) is 25.7 Å². The van der Waals surface area contributed by atoms with Crippen molar-refractivity contribution >= 4 is 15.9 Å². The molecule has 1 aromatic rings. The van der Waals surface area contributed by atoms with E-state index in [0.717, 1.165) is 19.3 Å². The number of nitrogens with zero attached hydrogens (tertiary/aromatic N) is 2. The van der Waals surface area contributed by atoms with Crippen molar-refractivity contribution in [2.75, 3.05) is 6.54 Å². The van der Waals surface area contributed by atoms with Crippen molar-refractivity contribution in [3.8, 4) is 0 Å². The van der Waals surface area contributed by atoms with Gasteiger partial charge in [0.15, 0.2) is 0 Å². The van der Waals surface area contributed by atoms with Crippen LogP contribution < -0.4 is 5.14 Å². The van der Waals surface area contributed by atoms with Crippen LogP contribution in [0.1, 0.15) is 50.5 Å². The normalized spacial score (nSPS) is 18.2. The largest absolute Gasteiger partial charge is 0.342 e. The number of primary sulfonamides is 1. The van der Waals surface area contributed by atoms with Gasteiger partial charge in [-0.15, -0.1) is 0 Å². The second kappa shape index (κ2) is 5.46. The number of rotatable bonds is 4. The first-order valence-electron chi connectivity index (χ1n) is 7.22. The number of aryl methyl sites for hydroxylation is 1. The molecule has 2 heterocycles. The van der Waals surface area contributed by atoms with Crippen molar-refractivity contribution in [2.45, 2.75) is 57.0 Å². The van der Waals surface area contributed by atoms with E-state index in [4.69, 9.17) is 5.14 Å². The van der Waals surface area contributed by atoms with E-state index < -0.39 is 10.0 Å². The van der Waals surface area contributed by atoms with Crippen molar-refractivity contribution in [1.29, 1.82) is 0 Å². The van der Waals surface area contributed by atoms with Gasteiger partial charge in [-0.25, -0.2) is 13.6 Å². The minimum Gasteiger partial charge on any atom is -0.342 e. The van der Waals surface area contributed by atoms with Crippen molar-refractivity contribution in [3.63, 3.8) is 0 Å². The van der Waals surface area contributed by atoms with Gasteiger partial charge in [-0.05, 0) is 39.2 Å². The summed E-state index contributed by atoms with van der Waals surface area (Å²) in [6, 6.07) is 1.39. The molecule has 1 saturated heterocycles. The molecule has 118 valence electrons. The Balaban J connectivity index is 2.42. The minimum atomic E-state index is -3.80. The highest BCUT2D eigenvalue weighted by atomic mass is 32.2. The molecular weight excluding hydrogens is 290 g/mol. The Hall–Kier alpha value is -1.34. The lowest BCUT2D eigenvalue weighted by Crippen LogP contribution is -2.43. The molecule has 1 fully saturated rings. The van der Waals surface area contributed by atoms with E-state index in [2.05, 4.69) is 0 Å². The number of carbonyl (C=O) groups is 1. The van der Waals surface area contributed by atoms with Crippen LogP contribution >= 0.6 is 0 Å². The molecule has 0 aromatic carbocycles. The van der Waals surface area contributed by atoms with E-state index in [1.54, 1.807) is 4.57 Å². The van der Waals surface area contributed by atoms with Crippen LogP contribution in [0.5, 0.6) is 0 Å². The predicted octanol–water partition coefficient (Wildman–Crippen LogP) is 1.56. The van der Waals surface area contributed by atoms with Gasteiger partial charge in [-0.1, -0.05) is 6.92 Å². The molecule has 0 spiro atoms.